The summed E-state index contributed by atoms with van der Waals surface area (Å²) in [5, 5.41) is 2.83. The fourth-order valence-electron chi connectivity index (χ4n) is 5.20. The minimum Gasteiger partial charge on any atom is -0.379 e. The lowest BCUT2D eigenvalue weighted by molar-refractivity contribution is -0.170. The molecule has 170 valence electrons. The van der Waals surface area contributed by atoms with Gasteiger partial charge in [-0.15, -0.1) is 0 Å². The maximum absolute atomic E-state index is 12.9. The summed E-state index contributed by atoms with van der Waals surface area (Å²) in [6.45, 7) is 5.91. The number of nitrogens with zero attached hydrogens (tertiary/aromatic N) is 1. The Morgan fingerprint density at radius 3 is 2.39 bits per heavy atom. The van der Waals surface area contributed by atoms with E-state index in [9.17, 15) is 22.8 Å². The number of benzene rings is 1. The highest BCUT2D eigenvalue weighted by Gasteiger charge is 2.48. The van der Waals surface area contributed by atoms with Crippen molar-refractivity contribution >= 4 is 17.5 Å². The Balaban J connectivity index is 1.33. The van der Waals surface area contributed by atoms with Crippen molar-refractivity contribution in [3.63, 3.8) is 0 Å². The number of hydrogen-bond donors (Lipinski definition) is 1. The van der Waals surface area contributed by atoms with Gasteiger partial charge < -0.3 is 15.0 Å². The Labute approximate surface area is 180 Å². The van der Waals surface area contributed by atoms with Crippen molar-refractivity contribution in [2.45, 2.75) is 52.1 Å². The second kappa shape index (κ2) is 7.80. The van der Waals surface area contributed by atoms with E-state index in [4.69, 9.17) is 4.74 Å². The lowest BCUT2D eigenvalue weighted by Crippen LogP contribution is -2.55. The van der Waals surface area contributed by atoms with Gasteiger partial charge in [-0.25, -0.2) is 0 Å². The summed E-state index contributed by atoms with van der Waals surface area (Å²) in [6.07, 6.45) is -0.145. The van der Waals surface area contributed by atoms with Crippen molar-refractivity contribution in [3.05, 3.63) is 29.3 Å². The third kappa shape index (κ3) is 4.31. The van der Waals surface area contributed by atoms with E-state index in [1.165, 1.54) is 6.07 Å². The van der Waals surface area contributed by atoms with Crippen LogP contribution in [0.5, 0.6) is 0 Å². The third-order valence-electron chi connectivity index (χ3n) is 7.35. The van der Waals surface area contributed by atoms with Gasteiger partial charge in [-0.2, -0.15) is 13.2 Å². The van der Waals surface area contributed by atoms with Crippen molar-refractivity contribution in [1.82, 2.24) is 4.90 Å². The molecule has 0 aromatic heterocycles. The number of carbonyl (C=O) groups excluding carboxylic acids is 2. The molecular formula is C23H29F3N2O3. The standard InChI is InChI=1S/C23H29F3N2O3/c1-15-11-17(23(24,25)26)3-4-18(15)27-19(29)16-5-6-22(12-16)7-9-28(10-8-22)20(30)21(2)13-31-14-21/h3-4,11,16H,5-10,12-14H2,1-2H3,(H,27,29). The monoisotopic (exact) mass is 438 g/mol. The second-order valence-electron chi connectivity index (χ2n) is 9.80. The van der Waals surface area contributed by atoms with Crippen LogP contribution in [0.4, 0.5) is 18.9 Å². The number of alkyl halides is 3. The van der Waals surface area contributed by atoms with Gasteiger partial charge in [-0.3, -0.25) is 9.59 Å². The van der Waals surface area contributed by atoms with E-state index in [-0.39, 0.29) is 28.6 Å². The molecule has 1 spiro atoms. The van der Waals surface area contributed by atoms with E-state index >= 15 is 0 Å². The van der Waals surface area contributed by atoms with Crippen molar-refractivity contribution in [2.75, 3.05) is 31.6 Å². The van der Waals surface area contributed by atoms with Gasteiger partial charge in [0.2, 0.25) is 11.8 Å². The number of hydrogen-bond acceptors (Lipinski definition) is 3. The summed E-state index contributed by atoms with van der Waals surface area (Å²) in [7, 11) is 0. The zero-order valence-electron chi connectivity index (χ0n) is 18.0. The summed E-state index contributed by atoms with van der Waals surface area (Å²) in [5.74, 6) is -0.113. The van der Waals surface area contributed by atoms with Gasteiger partial charge in [-0.1, -0.05) is 0 Å². The van der Waals surface area contributed by atoms with Gasteiger partial charge in [0.25, 0.3) is 0 Å². The average Bonchev–Trinajstić information content (AvgIpc) is 3.10. The largest absolute Gasteiger partial charge is 0.416 e. The van der Waals surface area contributed by atoms with Crippen LogP contribution < -0.4 is 5.32 Å². The van der Waals surface area contributed by atoms with Crippen LogP contribution in [0.2, 0.25) is 0 Å². The molecule has 5 nitrogen and oxygen atoms in total. The van der Waals surface area contributed by atoms with Gasteiger partial charge in [0.1, 0.15) is 0 Å². The highest BCUT2D eigenvalue weighted by atomic mass is 19.4. The molecule has 8 heteroatoms. The van der Waals surface area contributed by atoms with Crippen LogP contribution >= 0.6 is 0 Å². The first-order valence-corrected chi connectivity index (χ1v) is 10.9. The molecule has 0 radical (unpaired) electrons. The Kier molecular flexibility index (Phi) is 5.56. The number of halogens is 3. The molecule has 1 aliphatic carbocycles. The molecule has 1 aromatic carbocycles. The first kappa shape index (κ1) is 22.1. The van der Waals surface area contributed by atoms with Gasteiger partial charge in [-0.05, 0) is 75.1 Å². The molecule has 4 rings (SSSR count). The number of ether oxygens (including phenoxy) is 1. The van der Waals surface area contributed by atoms with Crippen LogP contribution in [0.1, 0.15) is 50.2 Å². The van der Waals surface area contributed by atoms with E-state index < -0.39 is 11.7 Å². The number of piperidine rings is 1. The zero-order valence-corrected chi connectivity index (χ0v) is 18.0. The number of likely N-dealkylation sites (tertiary alicyclic amines) is 1. The predicted octanol–water partition coefficient (Wildman–Crippen LogP) is 4.40. The predicted molar refractivity (Wildman–Crippen MR) is 109 cm³/mol. The van der Waals surface area contributed by atoms with Crippen molar-refractivity contribution in [1.29, 1.82) is 0 Å². The zero-order chi connectivity index (χ0) is 22.4. The summed E-state index contributed by atoms with van der Waals surface area (Å²) in [5.41, 5.74) is -0.203. The molecule has 31 heavy (non-hydrogen) atoms. The molecule has 1 aromatic rings. The fourth-order valence-corrected chi connectivity index (χ4v) is 5.20. The first-order valence-electron chi connectivity index (χ1n) is 10.9. The van der Waals surface area contributed by atoms with Crippen LogP contribution in [0.15, 0.2) is 18.2 Å². The van der Waals surface area contributed by atoms with E-state index in [0.29, 0.717) is 37.6 Å². The number of carbonyl (C=O) groups is 2. The molecule has 1 saturated carbocycles. The second-order valence-corrected chi connectivity index (χ2v) is 9.80. The van der Waals surface area contributed by atoms with Crippen LogP contribution in [-0.4, -0.2) is 43.0 Å². The Bertz CT molecular complexity index is 871. The van der Waals surface area contributed by atoms with Gasteiger partial charge in [0, 0.05) is 24.7 Å². The molecule has 1 N–H and O–H groups in total. The van der Waals surface area contributed by atoms with E-state index in [2.05, 4.69) is 5.32 Å². The third-order valence-corrected chi connectivity index (χ3v) is 7.35. The Morgan fingerprint density at radius 1 is 1.16 bits per heavy atom. The van der Waals surface area contributed by atoms with Crippen molar-refractivity contribution < 1.29 is 27.5 Å². The number of aryl methyl sites for hydroxylation is 1. The highest BCUT2D eigenvalue weighted by molar-refractivity contribution is 5.93. The Hall–Kier alpha value is -2.09. The SMILES string of the molecule is Cc1cc(C(F)(F)F)ccc1NC(=O)C1CCC2(CCN(C(=O)C3(C)COC3)CC2)C1. The minimum atomic E-state index is -4.40. The number of rotatable bonds is 3. The van der Waals surface area contributed by atoms with E-state index in [1.54, 1.807) is 6.92 Å². The maximum Gasteiger partial charge on any atom is 0.416 e. The summed E-state index contributed by atoms with van der Waals surface area (Å²) >= 11 is 0. The van der Waals surface area contributed by atoms with Gasteiger partial charge in [0.15, 0.2) is 0 Å². The van der Waals surface area contributed by atoms with Crippen molar-refractivity contribution in [2.24, 2.45) is 16.7 Å². The van der Waals surface area contributed by atoms with E-state index in [0.717, 1.165) is 44.2 Å². The lowest BCUT2D eigenvalue weighted by atomic mass is 9.75. The molecule has 1 unspecified atom stereocenters. The molecule has 2 amide bonds. The number of amides is 2. The van der Waals surface area contributed by atoms with Gasteiger partial charge >= 0.3 is 6.18 Å². The summed E-state index contributed by atoms with van der Waals surface area (Å²) < 4.78 is 43.8. The summed E-state index contributed by atoms with van der Waals surface area (Å²) in [4.78, 5) is 27.5. The van der Waals surface area contributed by atoms with Gasteiger partial charge in [0.05, 0.1) is 24.2 Å². The normalized spacial score (nSPS) is 24.7. The quantitative estimate of drug-likeness (QED) is 0.761. The fraction of sp³-hybridized carbons (Fsp3) is 0.652. The number of anilines is 1. The minimum absolute atomic E-state index is 0.0744. The van der Waals surface area contributed by atoms with Crippen molar-refractivity contribution in [3.8, 4) is 0 Å². The van der Waals surface area contributed by atoms with E-state index in [1.807, 2.05) is 11.8 Å². The molecule has 2 aliphatic heterocycles. The molecule has 0 bridgehead atoms. The molecule has 3 aliphatic rings. The van der Waals surface area contributed by atoms with Crippen LogP contribution in [-0.2, 0) is 20.5 Å². The molecule has 1 atom stereocenters. The van der Waals surface area contributed by atoms with Crippen LogP contribution in [0.25, 0.3) is 0 Å². The lowest BCUT2D eigenvalue weighted by Gasteiger charge is -2.45. The molecule has 3 fully saturated rings. The maximum atomic E-state index is 12.9. The molecule has 2 saturated heterocycles. The number of nitrogens with one attached hydrogen (secondary N) is 1. The Morgan fingerprint density at radius 2 is 1.84 bits per heavy atom. The van der Waals surface area contributed by atoms with Crippen LogP contribution in [0, 0.1) is 23.7 Å². The summed E-state index contributed by atoms with van der Waals surface area (Å²) in [6, 6.07) is 3.39. The average molecular weight is 438 g/mol. The van der Waals surface area contributed by atoms with Crippen LogP contribution in [0.3, 0.4) is 0 Å². The topological polar surface area (TPSA) is 58.6 Å². The smallest absolute Gasteiger partial charge is 0.379 e. The molecular weight excluding hydrogens is 409 g/mol. The first-order chi connectivity index (χ1) is 14.5. The molecule has 2 heterocycles. The highest BCUT2D eigenvalue weighted by Crippen LogP contribution is 2.49.